The van der Waals surface area contributed by atoms with Crippen molar-refractivity contribution in [2.24, 2.45) is 5.92 Å². The van der Waals surface area contributed by atoms with Crippen LogP contribution in [-0.2, 0) is 4.79 Å². The molecule has 0 amide bonds. The van der Waals surface area contributed by atoms with E-state index in [9.17, 15) is 4.79 Å². The highest BCUT2D eigenvalue weighted by Gasteiger charge is 1.99. The Labute approximate surface area is 36.8 Å². The first-order chi connectivity index (χ1) is 2.64. The third kappa shape index (κ3) is 1.76. The molecule has 2 nitrogen and oxygen atoms in total. The van der Waals surface area contributed by atoms with Gasteiger partial charge in [-0.3, -0.25) is 4.79 Å². The molecule has 0 aromatic rings. The molecule has 0 saturated carbocycles. The maximum Gasteiger partial charge on any atom is 0.305 e. The van der Waals surface area contributed by atoms with E-state index in [1.54, 1.807) is 13.8 Å². The average Bonchev–Trinajstić information content (AvgIpc) is 1.36. The number of aliphatic carboxylic acids is 1. The van der Waals surface area contributed by atoms with Crippen molar-refractivity contribution in [3.63, 3.8) is 0 Å². The molecule has 0 fully saturated rings. The zero-order valence-corrected chi connectivity index (χ0v) is 3.93. The zero-order chi connectivity index (χ0) is 5.15. The molecule has 0 spiro atoms. The van der Waals surface area contributed by atoms with Crippen LogP contribution in [-0.4, -0.2) is 11.1 Å². The lowest BCUT2D eigenvalue weighted by Gasteiger charge is -1.89. The number of hydrogen-bond acceptors (Lipinski definition) is 1. The van der Waals surface area contributed by atoms with E-state index in [1.165, 1.54) is 0 Å². The van der Waals surface area contributed by atoms with Gasteiger partial charge in [0.15, 0.2) is 0 Å². The second-order valence-corrected chi connectivity index (χ2v) is 1.49. The predicted octanol–water partition coefficient (Wildman–Crippen LogP) is 0.727. The normalized spacial score (nSPS) is 9.17. The van der Waals surface area contributed by atoms with Crippen LogP contribution >= 0.6 is 0 Å². The fourth-order valence-corrected chi connectivity index (χ4v) is 0. The SMILES string of the molecule is CC(C)[11C](=O)O. The number of carbonyl (C=O) groups is 1. The van der Waals surface area contributed by atoms with Gasteiger partial charge in [-0.05, 0) is 0 Å². The van der Waals surface area contributed by atoms with Gasteiger partial charge in [-0.25, -0.2) is 0 Å². The summed E-state index contributed by atoms with van der Waals surface area (Å²) in [4.78, 5) is 9.70. The van der Waals surface area contributed by atoms with Gasteiger partial charge in [-0.15, -0.1) is 0 Å². The summed E-state index contributed by atoms with van der Waals surface area (Å²) in [6.45, 7) is 3.28. The Kier molecular flexibility index (Phi) is 1.64. The van der Waals surface area contributed by atoms with E-state index >= 15 is 0 Å². The quantitative estimate of drug-likeness (QED) is 0.511. The van der Waals surface area contributed by atoms with E-state index in [2.05, 4.69) is 0 Å². The van der Waals surface area contributed by atoms with E-state index in [4.69, 9.17) is 5.11 Å². The van der Waals surface area contributed by atoms with Crippen LogP contribution in [0.1, 0.15) is 13.8 Å². The molecular weight excluding hydrogens is 79.0 g/mol. The Balaban J connectivity index is 3.26. The van der Waals surface area contributed by atoms with Gasteiger partial charge in [0.25, 0.3) is 0 Å². The lowest BCUT2D eigenvalue weighted by Crippen LogP contribution is -2.03. The third-order valence-electron chi connectivity index (χ3n) is 0.494. The molecule has 0 aromatic heterocycles. The molecule has 0 unspecified atom stereocenters. The Morgan fingerprint density at radius 3 is 1.83 bits per heavy atom. The molecule has 0 saturated heterocycles. The van der Waals surface area contributed by atoms with Crippen molar-refractivity contribution in [3.05, 3.63) is 0 Å². The molecule has 2 heteroatoms. The fourth-order valence-electron chi connectivity index (χ4n) is 0. The highest BCUT2D eigenvalue weighted by Crippen LogP contribution is 1.87. The van der Waals surface area contributed by atoms with Crippen LogP contribution < -0.4 is 0 Å². The van der Waals surface area contributed by atoms with Crippen LogP contribution in [0.4, 0.5) is 0 Å². The monoisotopic (exact) mass is 87.1 g/mol. The van der Waals surface area contributed by atoms with Crippen LogP contribution in [0.2, 0.25) is 0 Å². The summed E-state index contributed by atoms with van der Waals surface area (Å²) in [5, 5.41) is 7.99. The molecule has 36 valence electrons. The molecule has 0 aliphatic rings. The molecule has 1 N–H and O–H groups in total. The van der Waals surface area contributed by atoms with E-state index in [1.807, 2.05) is 0 Å². The largest absolute Gasteiger partial charge is 0.481 e. The number of hydrogen-bond donors (Lipinski definition) is 1. The van der Waals surface area contributed by atoms with Crippen molar-refractivity contribution in [2.45, 2.75) is 13.8 Å². The molecule has 0 heterocycles. The summed E-state index contributed by atoms with van der Waals surface area (Å²) in [5.41, 5.74) is 0. The first kappa shape index (κ1) is 5.47. The number of carboxylic acid groups (broad SMARTS) is 1. The average molecular weight is 87.1 g/mol. The summed E-state index contributed by atoms with van der Waals surface area (Å²) in [7, 11) is 0. The van der Waals surface area contributed by atoms with Gasteiger partial charge in [0, 0.05) is 0 Å². The van der Waals surface area contributed by atoms with E-state index in [-0.39, 0.29) is 5.92 Å². The number of carboxylic acids is 1. The highest BCUT2D eigenvalue weighted by atomic mass is 16.3. The molecule has 0 aliphatic heterocycles. The lowest BCUT2D eigenvalue weighted by molar-refractivity contribution is -0.140. The maximum atomic E-state index is 9.70. The van der Waals surface area contributed by atoms with E-state index in [0.717, 1.165) is 0 Å². The summed E-state index contributed by atoms with van der Waals surface area (Å²) in [5.74, 6) is -0.972. The lowest BCUT2D eigenvalue weighted by atomic mass is 9.90. The Bertz CT molecular complexity index is 56.6. The van der Waals surface area contributed by atoms with Gasteiger partial charge in [0.05, 0.1) is 5.92 Å². The Morgan fingerprint density at radius 1 is 1.67 bits per heavy atom. The second kappa shape index (κ2) is 1.80. The smallest absolute Gasteiger partial charge is 0.305 e. The van der Waals surface area contributed by atoms with Crippen LogP contribution in [0.3, 0.4) is 0 Å². The summed E-state index contributed by atoms with van der Waals surface area (Å²) >= 11 is 0. The molecule has 0 rings (SSSR count). The molecular formula is C4H8O2. The molecule has 0 bridgehead atoms. The first-order valence-electron chi connectivity index (χ1n) is 1.87. The van der Waals surface area contributed by atoms with Gasteiger partial charge in [0.2, 0.25) is 0 Å². The minimum atomic E-state index is -0.741. The van der Waals surface area contributed by atoms with Crippen LogP contribution in [0.25, 0.3) is 0 Å². The molecule has 0 atom stereocenters. The standard InChI is InChI=1S/C4H8O2/c1-3(2)4(5)6/h3H,1-2H3,(H,5,6)/i4-1. The fraction of sp³-hybridized carbons (Fsp3) is 0.750. The summed E-state index contributed by atoms with van der Waals surface area (Å²) < 4.78 is 0. The third-order valence-corrected chi connectivity index (χ3v) is 0.494. The van der Waals surface area contributed by atoms with Gasteiger partial charge in [-0.2, -0.15) is 0 Å². The Hall–Kier alpha value is -0.530. The zero-order valence-electron chi connectivity index (χ0n) is 3.93. The van der Waals surface area contributed by atoms with Gasteiger partial charge in [0.1, 0.15) is 0 Å². The minimum Gasteiger partial charge on any atom is -0.481 e. The van der Waals surface area contributed by atoms with Crippen molar-refractivity contribution < 1.29 is 9.90 Å². The van der Waals surface area contributed by atoms with Crippen molar-refractivity contribution >= 4 is 5.97 Å². The second-order valence-electron chi connectivity index (χ2n) is 1.49. The summed E-state index contributed by atoms with van der Waals surface area (Å²) in [6, 6.07) is 0. The van der Waals surface area contributed by atoms with Crippen LogP contribution in [0.15, 0.2) is 0 Å². The molecule has 0 radical (unpaired) electrons. The topological polar surface area (TPSA) is 37.3 Å². The van der Waals surface area contributed by atoms with Gasteiger partial charge in [-0.1, -0.05) is 13.8 Å². The summed E-state index contributed by atoms with van der Waals surface area (Å²) in [6.07, 6.45) is 0. The predicted molar refractivity (Wildman–Crippen MR) is 22.5 cm³/mol. The minimum absolute atomic E-state index is 0.231. The van der Waals surface area contributed by atoms with Crippen molar-refractivity contribution in [1.29, 1.82) is 0 Å². The van der Waals surface area contributed by atoms with Gasteiger partial charge >= 0.3 is 5.97 Å². The van der Waals surface area contributed by atoms with E-state index in [0.29, 0.717) is 0 Å². The van der Waals surface area contributed by atoms with Crippen molar-refractivity contribution in [3.8, 4) is 0 Å². The molecule has 6 heavy (non-hydrogen) atoms. The Morgan fingerprint density at radius 2 is 1.83 bits per heavy atom. The van der Waals surface area contributed by atoms with Crippen molar-refractivity contribution in [2.75, 3.05) is 0 Å². The van der Waals surface area contributed by atoms with E-state index < -0.39 is 5.97 Å². The van der Waals surface area contributed by atoms with Gasteiger partial charge < -0.3 is 5.11 Å². The highest BCUT2D eigenvalue weighted by molar-refractivity contribution is 5.68. The van der Waals surface area contributed by atoms with Crippen LogP contribution in [0.5, 0.6) is 0 Å². The molecule has 0 aliphatic carbocycles. The number of rotatable bonds is 1. The first-order valence-corrected chi connectivity index (χ1v) is 1.87. The maximum absolute atomic E-state index is 9.70. The van der Waals surface area contributed by atoms with Crippen LogP contribution in [0, 0.1) is 5.92 Å². The van der Waals surface area contributed by atoms with Crippen molar-refractivity contribution in [1.82, 2.24) is 0 Å². The molecule has 0 aromatic carbocycles.